The van der Waals surface area contributed by atoms with Crippen molar-refractivity contribution in [2.45, 2.75) is 50.5 Å². The summed E-state index contributed by atoms with van der Waals surface area (Å²) in [6.45, 7) is 6.23. The van der Waals surface area contributed by atoms with E-state index in [2.05, 4.69) is 29.3 Å². The molecule has 0 saturated heterocycles. The van der Waals surface area contributed by atoms with Crippen LogP contribution >= 0.6 is 0 Å². The third-order valence-electron chi connectivity index (χ3n) is 6.10. The first-order valence-electron chi connectivity index (χ1n) is 10.8. The van der Waals surface area contributed by atoms with Crippen molar-refractivity contribution in [3.05, 3.63) is 77.9 Å². The van der Waals surface area contributed by atoms with Gasteiger partial charge in [0, 0.05) is 24.4 Å². The molecule has 0 heterocycles. The minimum absolute atomic E-state index is 0.0363. The summed E-state index contributed by atoms with van der Waals surface area (Å²) in [5.41, 5.74) is 2.47. The van der Waals surface area contributed by atoms with E-state index in [1.54, 1.807) is 19.2 Å². The Morgan fingerprint density at radius 3 is 2.35 bits per heavy atom. The Bertz CT molecular complexity index is 915. The lowest BCUT2D eigenvalue weighted by Crippen LogP contribution is -2.47. The zero-order valence-corrected chi connectivity index (χ0v) is 18.4. The highest BCUT2D eigenvalue weighted by atomic mass is 16.5. The van der Waals surface area contributed by atoms with Crippen molar-refractivity contribution in [1.82, 2.24) is 10.6 Å². The van der Waals surface area contributed by atoms with Crippen LogP contribution in [-0.4, -0.2) is 31.5 Å². The largest absolute Gasteiger partial charge is 0.496 e. The van der Waals surface area contributed by atoms with Crippen LogP contribution in [0.25, 0.3) is 0 Å². The Morgan fingerprint density at radius 1 is 1.06 bits per heavy atom. The molecule has 0 atom stereocenters. The standard InChI is InChI=1S/C26H32N2O3/c1-19(2)17-24(29)28-21-13-15-26(16-14-21,20-9-5-4-6-10-20)18-27-25(30)22-11-7-8-12-23(22)31-3/h4-12,21H,1,13-18H2,2-3H3,(H,27,30)(H,28,29). The number of amides is 2. The zero-order chi connectivity index (χ0) is 22.3. The summed E-state index contributed by atoms with van der Waals surface area (Å²) in [5, 5.41) is 6.29. The van der Waals surface area contributed by atoms with Gasteiger partial charge in [-0.05, 0) is 50.3 Å². The number of hydrogen-bond donors (Lipinski definition) is 2. The first kappa shape index (κ1) is 22.6. The molecule has 1 fully saturated rings. The second-order valence-electron chi connectivity index (χ2n) is 8.50. The Labute approximate surface area is 184 Å². The van der Waals surface area contributed by atoms with Gasteiger partial charge in [-0.1, -0.05) is 54.6 Å². The molecule has 0 aliphatic heterocycles. The monoisotopic (exact) mass is 420 g/mol. The Morgan fingerprint density at radius 2 is 1.71 bits per heavy atom. The zero-order valence-electron chi connectivity index (χ0n) is 18.4. The molecule has 5 heteroatoms. The Balaban J connectivity index is 1.71. The second kappa shape index (κ2) is 10.3. The van der Waals surface area contributed by atoms with E-state index in [0.717, 1.165) is 31.3 Å². The number of carbonyl (C=O) groups excluding carboxylic acids is 2. The molecule has 0 spiro atoms. The molecular formula is C26H32N2O3. The molecule has 0 aromatic heterocycles. The van der Waals surface area contributed by atoms with Gasteiger partial charge in [-0.15, -0.1) is 0 Å². The average molecular weight is 421 g/mol. The third-order valence-corrected chi connectivity index (χ3v) is 6.10. The fourth-order valence-electron chi connectivity index (χ4n) is 4.40. The van der Waals surface area contributed by atoms with E-state index < -0.39 is 0 Å². The molecule has 0 bridgehead atoms. The molecule has 31 heavy (non-hydrogen) atoms. The van der Waals surface area contributed by atoms with Gasteiger partial charge in [0.05, 0.1) is 12.7 Å². The first-order valence-corrected chi connectivity index (χ1v) is 10.8. The van der Waals surface area contributed by atoms with E-state index in [1.165, 1.54) is 5.56 Å². The number of methoxy groups -OCH3 is 1. The van der Waals surface area contributed by atoms with Gasteiger partial charge < -0.3 is 15.4 Å². The minimum Gasteiger partial charge on any atom is -0.496 e. The number of nitrogens with one attached hydrogen (secondary N) is 2. The van der Waals surface area contributed by atoms with Gasteiger partial charge in [-0.25, -0.2) is 0 Å². The van der Waals surface area contributed by atoms with Gasteiger partial charge in [-0.2, -0.15) is 0 Å². The van der Waals surface area contributed by atoms with Crippen LogP contribution in [0.4, 0.5) is 0 Å². The molecule has 2 amide bonds. The normalized spacial score (nSPS) is 20.5. The fraction of sp³-hybridized carbons (Fsp3) is 0.385. The van der Waals surface area contributed by atoms with Crippen LogP contribution in [0.3, 0.4) is 0 Å². The lowest BCUT2D eigenvalue weighted by Gasteiger charge is -2.41. The van der Waals surface area contributed by atoms with Crippen molar-refractivity contribution < 1.29 is 14.3 Å². The summed E-state index contributed by atoms with van der Waals surface area (Å²) >= 11 is 0. The third kappa shape index (κ3) is 5.75. The SMILES string of the molecule is C=C(C)CC(=O)NC1CCC(CNC(=O)c2ccccc2OC)(c2ccccc2)CC1. The molecule has 1 aliphatic carbocycles. The highest BCUT2D eigenvalue weighted by Crippen LogP contribution is 2.39. The maximum atomic E-state index is 12.9. The summed E-state index contributed by atoms with van der Waals surface area (Å²) in [6.07, 6.45) is 3.90. The summed E-state index contributed by atoms with van der Waals surface area (Å²) in [7, 11) is 1.57. The molecule has 2 aromatic rings. The fourth-order valence-corrected chi connectivity index (χ4v) is 4.40. The molecule has 164 valence electrons. The maximum absolute atomic E-state index is 12.9. The van der Waals surface area contributed by atoms with E-state index in [1.807, 2.05) is 37.3 Å². The van der Waals surface area contributed by atoms with Crippen molar-refractivity contribution in [1.29, 1.82) is 0 Å². The van der Waals surface area contributed by atoms with Crippen LogP contribution in [0.2, 0.25) is 0 Å². The van der Waals surface area contributed by atoms with Crippen LogP contribution in [-0.2, 0) is 10.2 Å². The Kier molecular flexibility index (Phi) is 7.50. The summed E-state index contributed by atoms with van der Waals surface area (Å²) in [6, 6.07) is 17.8. The second-order valence-corrected chi connectivity index (χ2v) is 8.50. The van der Waals surface area contributed by atoms with E-state index in [4.69, 9.17) is 4.74 Å². The molecule has 0 radical (unpaired) electrons. The molecule has 1 saturated carbocycles. The maximum Gasteiger partial charge on any atom is 0.255 e. The topological polar surface area (TPSA) is 67.4 Å². The predicted octanol–water partition coefficient (Wildman–Crippen LogP) is 4.39. The van der Waals surface area contributed by atoms with Crippen LogP contribution in [0.15, 0.2) is 66.7 Å². The average Bonchev–Trinajstić information content (AvgIpc) is 2.78. The van der Waals surface area contributed by atoms with Gasteiger partial charge in [0.2, 0.25) is 5.91 Å². The molecule has 3 rings (SSSR count). The molecule has 2 aromatic carbocycles. The van der Waals surface area contributed by atoms with Gasteiger partial charge in [-0.3, -0.25) is 9.59 Å². The van der Waals surface area contributed by atoms with Gasteiger partial charge in [0.25, 0.3) is 5.91 Å². The van der Waals surface area contributed by atoms with Crippen LogP contribution in [0, 0.1) is 0 Å². The summed E-state index contributed by atoms with van der Waals surface area (Å²) in [4.78, 5) is 25.0. The minimum atomic E-state index is -0.158. The first-order chi connectivity index (χ1) is 14.9. The van der Waals surface area contributed by atoms with E-state index in [9.17, 15) is 9.59 Å². The summed E-state index contributed by atoms with van der Waals surface area (Å²) < 4.78 is 5.34. The van der Waals surface area contributed by atoms with Crippen LogP contribution in [0.1, 0.15) is 54.9 Å². The number of benzene rings is 2. The van der Waals surface area contributed by atoms with Crippen molar-refractivity contribution >= 4 is 11.8 Å². The highest BCUT2D eigenvalue weighted by Gasteiger charge is 2.37. The molecule has 0 unspecified atom stereocenters. The lowest BCUT2D eigenvalue weighted by molar-refractivity contribution is -0.121. The number of ether oxygens (including phenoxy) is 1. The highest BCUT2D eigenvalue weighted by molar-refractivity contribution is 5.97. The molecule has 5 nitrogen and oxygen atoms in total. The van der Waals surface area contributed by atoms with Crippen molar-refractivity contribution in [2.24, 2.45) is 0 Å². The van der Waals surface area contributed by atoms with Crippen LogP contribution in [0.5, 0.6) is 5.75 Å². The number of para-hydroxylation sites is 1. The number of carbonyl (C=O) groups is 2. The quantitative estimate of drug-likeness (QED) is 0.623. The van der Waals surface area contributed by atoms with Gasteiger partial charge in [0.15, 0.2) is 0 Å². The van der Waals surface area contributed by atoms with Gasteiger partial charge in [0.1, 0.15) is 5.75 Å². The lowest BCUT2D eigenvalue weighted by atomic mass is 9.68. The molecular weight excluding hydrogens is 388 g/mol. The van der Waals surface area contributed by atoms with Crippen LogP contribution < -0.4 is 15.4 Å². The number of rotatable bonds is 8. The smallest absolute Gasteiger partial charge is 0.255 e. The molecule has 2 N–H and O–H groups in total. The molecule has 1 aliphatic rings. The van der Waals surface area contributed by atoms with E-state index in [0.29, 0.717) is 24.3 Å². The number of hydrogen-bond acceptors (Lipinski definition) is 3. The van der Waals surface area contributed by atoms with E-state index in [-0.39, 0.29) is 23.3 Å². The summed E-state index contributed by atoms with van der Waals surface area (Å²) in [5.74, 6) is 0.469. The van der Waals surface area contributed by atoms with E-state index >= 15 is 0 Å². The van der Waals surface area contributed by atoms with Crippen molar-refractivity contribution in [3.8, 4) is 5.75 Å². The van der Waals surface area contributed by atoms with Crippen molar-refractivity contribution in [2.75, 3.05) is 13.7 Å². The van der Waals surface area contributed by atoms with Crippen molar-refractivity contribution in [3.63, 3.8) is 0 Å². The van der Waals surface area contributed by atoms with Gasteiger partial charge >= 0.3 is 0 Å². The Hall–Kier alpha value is -3.08. The predicted molar refractivity (Wildman–Crippen MR) is 123 cm³/mol.